The number of aliphatic hydroxyl groups excluding tert-OH is 1. The fourth-order valence-electron chi connectivity index (χ4n) is 2.36. The first-order chi connectivity index (χ1) is 7.67. The molecule has 0 aromatic carbocycles. The summed E-state index contributed by atoms with van der Waals surface area (Å²) in [6, 6.07) is -0.762. The maximum absolute atomic E-state index is 11.9. The molecule has 1 amide bonds. The summed E-state index contributed by atoms with van der Waals surface area (Å²) in [4.78, 5) is 13.7. The van der Waals surface area contributed by atoms with Gasteiger partial charge in [-0.15, -0.1) is 11.8 Å². The van der Waals surface area contributed by atoms with Crippen LogP contribution in [0.15, 0.2) is 0 Å². The zero-order chi connectivity index (χ0) is 11.6. The second-order valence-electron chi connectivity index (χ2n) is 4.42. The van der Waals surface area contributed by atoms with Gasteiger partial charge in [-0.3, -0.25) is 4.79 Å². The van der Waals surface area contributed by atoms with Gasteiger partial charge in [0.05, 0.1) is 11.5 Å². The topological polar surface area (TPSA) is 78.6 Å². The third-order valence-corrected chi connectivity index (χ3v) is 4.65. The molecule has 92 valence electrons. The zero-order valence-corrected chi connectivity index (χ0v) is 10.1. The van der Waals surface area contributed by atoms with Gasteiger partial charge in [0, 0.05) is 25.4 Å². The number of aliphatic hydroxyl groups is 1. The van der Waals surface area contributed by atoms with Crippen molar-refractivity contribution in [3.05, 3.63) is 0 Å². The van der Waals surface area contributed by atoms with Crippen LogP contribution in [0.25, 0.3) is 0 Å². The number of nitrogens with two attached hydrogens (primary N) is 1. The molecule has 0 aromatic heterocycles. The number of piperidine rings is 1. The van der Waals surface area contributed by atoms with E-state index >= 15 is 0 Å². The van der Waals surface area contributed by atoms with Gasteiger partial charge in [-0.05, 0) is 12.8 Å². The predicted octanol–water partition coefficient (Wildman–Crippen LogP) is -1.04. The van der Waals surface area contributed by atoms with Gasteiger partial charge in [0.1, 0.15) is 6.04 Å². The van der Waals surface area contributed by atoms with Crippen molar-refractivity contribution in [2.45, 2.75) is 23.8 Å². The minimum absolute atomic E-state index is 0.0447. The van der Waals surface area contributed by atoms with Crippen LogP contribution in [0, 0.1) is 0 Å². The summed E-state index contributed by atoms with van der Waals surface area (Å²) in [5.74, 6) is 0.976. The number of amides is 1. The molecule has 4 N–H and O–H groups in total. The Morgan fingerprint density at radius 1 is 1.69 bits per heavy atom. The summed E-state index contributed by atoms with van der Waals surface area (Å²) in [7, 11) is 0. The summed E-state index contributed by atoms with van der Waals surface area (Å²) < 4.78 is 0. The first-order valence-corrected chi connectivity index (χ1v) is 6.70. The summed E-state index contributed by atoms with van der Waals surface area (Å²) in [6.45, 7) is 2.21. The lowest BCUT2D eigenvalue weighted by Crippen LogP contribution is -2.57. The quantitative estimate of drug-likeness (QED) is 0.579. The Kier molecular flexibility index (Phi) is 3.73. The largest absolute Gasteiger partial charge is 0.394 e. The number of carbonyl (C=O) groups excluding carboxylic acids is 1. The smallest absolute Gasteiger partial charge is 0.241 e. The van der Waals surface area contributed by atoms with Gasteiger partial charge in [0.2, 0.25) is 5.91 Å². The van der Waals surface area contributed by atoms with Crippen LogP contribution in [0.1, 0.15) is 12.8 Å². The van der Waals surface area contributed by atoms with E-state index in [1.165, 1.54) is 0 Å². The van der Waals surface area contributed by atoms with Crippen molar-refractivity contribution in [2.75, 3.05) is 32.0 Å². The standard InChI is InChI=1S/C10H19N3O2S/c11-8(6-14)9(15)13-4-1-2-10(7-13)12-3-5-16-10/h8,12,14H,1-7,11H2/t8-,10?/m0/s1. The van der Waals surface area contributed by atoms with Gasteiger partial charge in [0.15, 0.2) is 0 Å². The van der Waals surface area contributed by atoms with Crippen LogP contribution in [0.5, 0.6) is 0 Å². The fourth-order valence-corrected chi connectivity index (χ4v) is 3.70. The zero-order valence-electron chi connectivity index (χ0n) is 9.32. The third kappa shape index (κ3) is 2.34. The fraction of sp³-hybridized carbons (Fsp3) is 0.900. The van der Waals surface area contributed by atoms with Crippen molar-refractivity contribution in [1.29, 1.82) is 0 Å². The molecule has 16 heavy (non-hydrogen) atoms. The van der Waals surface area contributed by atoms with Crippen LogP contribution in [0.3, 0.4) is 0 Å². The van der Waals surface area contributed by atoms with Crippen LogP contribution < -0.4 is 11.1 Å². The van der Waals surface area contributed by atoms with Crippen LogP contribution >= 0.6 is 11.8 Å². The van der Waals surface area contributed by atoms with E-state index in [1.54, 1.807) is 4.90 Å². The normalized spacial score (nSPS) is 32.0. The molecule has 2 heterocycles. The first kappa shape index (κ1) is 12.2. The van der Waals surface area contributed by atoms with Crippen molar-refractivity contribution in [1.82, 2.24) is 10.2 Å². The van der Waals surface area contributed by atoms with E-state index in [-0.39, 0.29) is 17.4 Å². The number of nitrogens with one attached hydrogen (secondary N) is 1. The third-order valence-electron chi connectivity index (χ3n) is 3.21. The summed E-state index contributed by atoms with van der Waals surface area (Å²) in [6.07, 6.45) is 2.11. The molecule has 2 rings (SSSR count). The first-order valence-electron chi connectivity index (χ1n) is 5.71. The van der Waals surface area contributed by atoms with Crippen molar-refractivity contribution in [3.8, 4) is 0 Å². The highest BCUT2D eigenvalue weighted by Crippen LogP contribution is 2.35. The number of nitrogens with zero attached hydrogens (tertiary/aromatic N) is 1. The van der Waals surface area contributed by atoms with Gasteiger partial charge >= 0.3 is 0 Å². The monoisotopic (exact) mass is 245 g/mol. The molecule has 1 unspecified atom stereocenters. The van der Waals surface area contributed by atoms with Gasteiger partial charge in [0.25, 0.3) is 0 Å². The Bertz CT molecular complexity index is 269. The minimum atomic E-state index is -0.762. The average molecular weight is 245 g/mol. The lowest BCUT2D eigenvalue weighted by molar-refractivity contribution is -0.135. The second kappa shape index (κ2) is 4.91. The Balaban J connectivity index is 1.98. The second-order valence-corrected chi connectivity index (χ2v) is 5.90. The van der Waals surface area contributed by atoms with E-state index in [4.69, 9.17) is 10.8 Å². The number of likely N-dealkylation sites (tertiary alicyclic amines) is 1. The van der Waals surface area contributed by atoms with Crippen LogP contribution in [-0.4, -0.2) is 58.8 Å². The Hall–Kier alpha value is -0.300. The maximum Gasteiger partial charge on any atom is 0.241 e. The molecule has 0 aromatic rings. The van der Waals surface area contributed by atoms with E-state index in [1.807, 2.05) is 11.8 Å². The highest BCUT2D eigenvalue weighted by atomic mass is 32.2. The van der Waals surface area contributed by atoms with E-state index in [2.05, 4.69) is 5.32 Å². The highest BCUT2D eigenvalue weighted by Gasteiger charge is 2.40. The van der Waals surface area contributed by atoms with Gasteiger partial charge in [-0.1, -0.05) is 0 Å². The Labute approximate surface area is 99.7 Å². The van der Waals surface area contributed by atoms with E-state index in [0.717, 1.165) is 31.7 Å². The maximum atomic E-state index is 11.9. The number of thioether (sulfide) groups is 1. The lowest BCUT2D eigenvalue weighted by atomic mass is 10.0. The number of hydrogen-bond acceptors (Lipinski definition) is 5. The average Bonchev–Trinajstić information content (AvgIpc) is 2.75. The molecular formula is C10H19N3O2S. The molecule has 2 atom stereocenters. The van der Waals surface area contributed by atoms with Gasteiger partial charge < -0.3 is 21.1 Å². The van der Waals surface area contributed by atoms with Crippen LogP contribution in [0.4, 0.5) is 0 Å². The molecule has 1 spiro atoms. The summed E-state index contributed by atoms with van der Waals surface area (Å²) in [5.41, 5.74) is 5.57. The molecule has 0 aliphatic carbocycles. The number of hydrogen-bond donors (Lipinski definition) is 3. The number of rotatable bonds is 2. The lowest BCUT2D eigenvalue weighted by Gasteiger charge is -2.40. The Morgan fingerprint density at radius 3 is 3.12 bits per heavy atom. The molecular weight excluding hydrogens is 226 g/mol. The van der Waals surface area contributed by atoms with E-state index < -0.39 is 6.04 Å². The molecule has 6 heteroatoms. The minimum Gasteiger partial charge on any atom is -0.394 e. The predicted molar refractivity (Wildman–Crippen MR) is 64.1 cm³/mol. The summed E-state index contributed by atoms with van der Waals surface area (Å²) in [5, 5.41) is 12.4. The van der Waals surface area contributed by atoms with Crippen molar-refractivity contribution in [2.24, 2.45) is 5.73 Å². The number of carbonyl (C=O) groups is 1. The van der Waals surface area contributed by atoms with Gasteiger partial charge in [-0.2, -0.15) is 0 Å². The molecule has 2 aliphatic heterocycles. The molecule has 0 bridgehead atoms. The van der Waals surface area contributed by atoms with Crippen LogP contribution in [-0.2, 0) is 4.79 Å². The van der Waals surface area contributed by atoms with E-state index in [9.17, 15) is 4.79 Å². The molecule has 2 fully saturated rings. The molecule has 2 saturated heterocycles. The highest BCUT2D eigenvalue weighted by molar-refractivity contribution is 8.00. The molecule has 5 nitrogen and oxygen atoms in total. The SMILES string of the molecule is N[C@@H](CO)C(=O)N1CCCC2(C1)NCCS2. The molecule has 0 radical (unpaired) electrons. The van der Waals surface area contributed by atoms with Crippen molar-refractivity contribution in [3.63, 3.8) is 0 Å². The van der Waals surface area contributed by atoms with E-state index in [0.29, 0.717) is 6.54 Å². The van der Waals surface area contributed by atoms with Crippen molar-refractivity contribution >= 4 is 17.7 Å². The summed E-state index contributed by atoms with van der Waals surface area (Å²) >= 11 is 1.90. The van der Waals surface area contributed by atoms with Crippen LogP contribution in [0.2, 0.25) is 0 Å². The van der Waals surface area contributed by atoms with Crippen molar-refractivity contribution < 1.29 is 9.90 Å². The molecule has 2 aliphatic rings. The molecule has 0 saturated carbocycles. The Morgan fingerprint density at radius 2 is 2.50 bits per heavy atom. The van der Waals surface area contributed by atoms with Gasteiger partial charge in [-0.25, -0.2) is 0 Å².